The van der Waals surface area contributed by atoms with Crippen molar-refractivity contribution in [3.63, 3.8) is 0 Å². The molecule has 0 unspecified atom stereocenters. The predicted molar refractivity (Wildman–Crippen MR) is 107 cm³/mol. The van der Waals surface area contributed by atoms with Gasteiger partial charge in [-0.3, -0.25) is 4.90 Å². The Morgan fingerprint density at radius 3 is 2.74 bits per heavy atom. The van der Waals surface area contributed by atoms with Crippen LogP contribution in [0.1, 0.15) is 17.4 Å². The molecule has 0 amide bonds. The van der Waals surface area contributed by atoms with Crippen LogP contribution in [0.5, 0.6) is 0 Å². The molecule has 1 saturated heterocycles. The summed E-state index contributed by atoms with van der Waals surface area (Å²) in [5.41, 5.74) is 2.05. The van der Waals surface area contributed by atoms with Gasteiger partial charge >= 0.3 is 0 Å². The van der Waals surface area contributed by atoms with Crippen LogP contribution >= 0.6 is 11.6 Å². The molecule has 4 rings (SSSR count). The second kappa shape index (κ2) is 8.48. The van der Waals surface area contributed by atoms with Crippen LogP contribution < -0.4 is 5.32 Å². The van der Waals surface area contributed by atoms with Gasteiger partial charge in [-0.1, -0.05) is 41.9 Å². The Hall–Kier alpha value is -2.47. The van der Waals surface area contributed by atoms with Crippen LogP contribution in [0, 0.1) is 0 Å². The molecule has 27 heavy (non-hydrogen) atoms. The van der Waals surface area contributed by atoms with Crippen LogP contribution in [0.3, 0.4) is 0 Å². The Labute approximate surface area is 164 Å². The van der Waals surface area contributed by atoms with E-state index in [0.29, 0.717) is 6.61 Å². The van der Waals surface area contributed by atoms with Crippen molar-refractivity contribution in [1.29, 1.82) is 0 Å². The first-order valence-electron chi connectivity index (χ1n) is 9.00. The van der Waals surface area contributed by atoms with Crippen molar-refractivity contribution in [2.45, 2.75) is 12.6 Å². The zero-order chi connectivity index (χ0) is 18.5. The lowest BCUT2D eigenvalue weighted by atomic mass is 10.1. The van der Waals surface area contributed by atoms with Crippen molar-refractivity contribution in [3.8, 4) is 0 Å². The van der Waals surface area contributed by atoms with E-state index in [1.807, 2.05) is 54.6 Å². The smallest absolute Gasteiger partial charge is 0.131 e. The highest BCUT2D eigenvalue weighted by Crippen LogP contribution is 2.25. The number of ether oxygens (including phenoxy) is 1. The summed E-state index contributed by atoms with van der Waals surface area (Å²) in [6, 6.07) is 19.7. The van der Waals surface area contributed by atoms with Crippen molar-refractivity contribution >= 4 is 23.2 Å². The summed E-state index contributed by atoms with van der Waals surface area (Å²) in [4.78, 5) is 11.4. The highest BCUT2D eigenvalue weighted by atomic mass is 35.5. The van der Waals surface area contributed by atoms with Gasteiger partial charge in [-0.15, -0.1) is 0 Å². The minimum absolute atomic E-state index is 0.0632. The third kappa shape index (κ3) is 4.63. The minimum atomic E-state index is -0.0632. The van der Waals surface area contributed by atoms with E-state index in [1.54, 1.807) is 6.20 Å². The van der Waals surface area contributed by atoms with Gasteiger partial charge in [0, 0.05) is 30.9 Å². The monoisotopic (exact) mass is 380 g/mol. The number of rotatable bonds is 5. The number of hydrogen-bond donors (Lipinski definition) is 1. The van der Waals surface area contributed by atoms with Crippen molar-refractivity contribution in [2.75, 3.05) is 25.0 Å². The summed E-state index contributed by atoms with van der Waals surface area (Å²) in [5, 5.41) is 4.04. The highest BCUT2D eigenvalue weighted by Gasteiger charge is 2.23. The second-order valence-electron chi connectivity index (χ2n) is 6.47. The van der Waals surface area contributed by atoms with Crippen molar-refractivity contribution in [1.82, 2.24) is 14.9 Å². The SMILES string of the molecule is Clc1ccccc1CN1CCO[C@H](c2cccc(Nc3ccccn3)n2)C1. The number of aromatic nitrogens is 2. The lowest BCUT2D eigenvalue weighted by Gasteiger charge is -2.33. The van der Waals surface area contributed by atoms with E-state index in [-0.39, 0.29) is 6.10 Å². The van der Waals surface area contributed by atoms with Gasteiger partial charge in [-0.05, 0) is 35.9 Å². The van der Waals surface area contributed by atoms with E-state index in [1.165, 1.54) is 0 Å². The molecule has 3 heterocycles. The van der Waals surface area contributed by atoms with Crippen molar-refractivity contribution in [3.05, 3.63) is 83.1 Å². The second-order valence-corrected chi connectivity index (χ2v) is 6.88. The first-order chi connectivity index (χ1) is 13.3. The molecule has 1 N–H and O–H groups in total. The molecule has 1 aromatic carbocycles. The molecule has 138 valence electrons. The van der Waals surface area contributed by atoms with Gasteiger partial charge in [0.1, 0.15) is 17.7 Å². The Kier molecular flexibility index (Phi) is 5.63. The van der Waals surface area contributed by atoms with Crippen LogP contribution in [0.4, 0.5) is 11.6 Å². The Bertz CT molecular complexity index is 890. The summed E-state index contributed by atoms with van der Waals surface area (Å²) in [7, 11) is 0. The number of morpholine rings is 1. The third-order valence-electron chi connectivity index (χ3n) is 4.52. The number of halogens is 1. The van der Waals surface area contributed by atoms with Gasteiger partial charge in [0.15, 0.2) is 0 Å². The molecule has 0 spiro atoms. The molecular formula is C21H21ClN4O. The highest BCUT2D eigenvalue weighted by molar-refractivity contribution is 6.31. The standard InChI is InChI=1S/C21H21ClN4O/c22-17-7-2-1-6-16(17)14-26-12-13-27-19(15-26)18-8-5-10-21(24-18)25-20-9-3-4-11-23-20/h1-11,19H,12-15H2,(H,23,24,25)/t19-/m0/s1. The fraction of sp³-hybridized carbons (Fsp3) is 0.238. The van der Waals surface area contributed by atoms with Gasteiger partial charge in [-0.2, -0.15) is 0 Å². The molecule has 5 nitrogen and oxygen atoms in total. The van der Waals surface area contributed by atoms with Gasteiger partial charge < -0.3 is 10.1 Å². The predicted octanol–water partition coefficient (Wildman–Crippen LogP) is 4.45. The molecule has 2 aromatic heterocycles. The molecule has 1 atom stereocenters. The summed E-state index contributed by atoms with van der Waals surface area (Å²) in [5.74, 6) is 1.53. The van der Waals surface area contributed by atoms with Gasteiger partial charge in [-0.25, -0.2) is 9.97 Å². The first-order valence-corrected chi connectivity index (χ1v) is 9.38. The summed E-state index contributed by atoms with van der Waals surface area (Å²) >= 11 is 6.31. The lowest BCUT2D eigenvalue weighted by molar-refractivity contribution is -0.0349. The van der Waals surface area contributed by atoms with E-state index in [4.69, 9.17) is 21.3 Å². The fourth-order valence-electron chi connectivity index (χ4n) is 3.16. The van der Waals surface area contributed by atoms with E-state index in [0.717, 1.165) is 47.6 Å². The number of nitrogens with zero attached hydrogens (tertiary/aromatic N) is 3. The molecule has 1 aliphatic rings. The number of hydrogen-bond acceptors (Lipinski definition) is 5. The number of anilines is 2. The Balaban J connectivity index is 1.45. The zero-order valence-corrected chi connectivity index (χ0v) is 15.6. The van der Waals surface area contributed by atoms with Crippen LogP contribution in [-0.2, 0) is 11.3 Å². The van der Waals surface area contributed by atoms with E-state index in [9.17, 15) is 0 Å². The van der Waals surface area contributed by atoms with Crippen molar-refractivity contribution < 1.29 is 4.74 Å². The number of nitrogens with one attached hydrogen (secondary N) is 1. The maximum Gasteiger partial charge on any atom is 0.131 e. The van der Waals surface area contributed by atoms with Gasteiger partial charge in [0.25, 0.3) is 0 Å². The minimum Gasteiger partial charge on any atom is -0.369 e. The van der Waals surface area contributed by atoms with Gasteiger partial charge in [0.2, 0.25) is 0 Å². The quantitative estimate of drug-likeness (QED) is 0.708. The summed E-state index contributed by atoms with van der Waals surface area (Å²) in [6.45, 7) is 3.15. The van der Waals surface area contributed by atoms with Crippen molar-refractivity contribution in [2.24, 2.45) is 0 Å². The van der Waals surface area contributed by atoms with Crippen LogP contribution in [0.25, 0.3) is 0 Å². The molecule has 0 bridgehead atoms. The van der Waals surface area contributed by atoms with E-state index in [2.05, 4.69) is 21.3 Å². The topological polar surface area (TPSA) is 50.3 Å². The molecule has 0 radical (unpaired) electrons. The fourth-order valence-corrected chi connectivity index (χ4v) is 3.36. The molecule has 0 saturated carbocycles. The van der Waals surface area contributed by atoms with Crippen LogP contribution in [0.2, 0.25) is 5.02 Å². The first kappa shape index (κ1) is 17.9. The van der Waals surface area contributed by atoms with E-state index >= 15 is 0 Å². The average Bonchev–Trinajstić information content (AvgIpc) is 2.71. The van der Waals surface area contributed by atoms with Crippen LogP contribution in [0.15, 0.2) is 66.9 Å². The molecule has 3 aromatic rings. The third-order valence-corrected chi connectivity index (χ3v) is 4.89. The number of pyridine rings is 2. The van der Waals surface area contributed by atoms with Crippen LogP contribution in [-0.4, -0.2) is 34.6 Å². The molecule has 1 aliphatic heterocycles. The average molecular weight is 381 g/mol. The molecular weight excluding hydrogens is 360 g/mol. The normalized spacial score (nSPS) is 17.6. The lowest BCUT2D eigenvalue weighted by Crippen LogP contribution is -2.38. The maximum absolute atomic E-state index is 6.31. The number of benzene rings is 1. The molecule has 0 aliphatic carbocycles. The Morgan fingerprint density at radius 2 is 1.89 bits per heavy atom. The summed E-state index contributed by atoms with van der Waals surface area (Å²) < 4.78 is 5.99. The zero-order valence-electron chi connectivity index (χ0n) is 14.9. The molecule has 6 heteroatoms. The largest absolute Gasteiger partial charge is 0.369 e. The molecule has 1 fully saturated rings. The Morgan fingerprint density at radius 1 is 1.04 bits per heavy atom. The summed E-state index contributed by atoms with van der Waals surface area (Å²) in [6.07, 6.45) is 1.69. The maximum atomic E-state index is 6.31. The van der Waals surface area contributed by atoms with E-state index < -0.39 is 0 Å². The van der Waals surface area contributed by atoms with Gasteiger partial charge in [0.05, 0.1) is 12.3 Å².